The number of hydrogen-bond donors (Lipinski definition) is 1. The highest BCUT2D eigenvalue weighted by Gasteiger charge is 2.20. The third-order valence-electron chi connectivity index (χ3n) is 3.46. The number of hydrogen-bond acceptors (Lipinski definition) is 2. The summed E-state index contributed by atoms with van der Waals surface area (Å²) in [5.41, 5.74) is 6.20. The molecule has 1 aliphatic rings. The van der Waals surface area contributed by atoms with Gasteiger partial charge in [0.25, 0.3) is 0 Å². The number of allylic oxidation sites excluding steroid dienone is 2. The van der Waals surface area contributed by atoms with Gasteiger partial charge in [0.05, 0.1) is 7.11 Å². The molecule has 1 aliphatic carbocycles. The molecule has 0 heterocycles. The van der Waals surface area contributed by atoms with E-state index in [1.807, 2.05) is 42.5 Å². The first kappa shape index (κ1) is 12.7. The summed E-state index contributed by atoms with van der Waals surface area (Å²) in [6.07, 6.45) is 3.64. The molecule has 20 heavy (non-hydrogen) atoms. The van der Waals surface area contributed by atoms with Crippen LogP contribution in [0.1, 0.15) is 16.7 Å². The molecule has 0 aliphatic heterocycles. The van der Waals surface area contributed by atoms with Gasteiger partial charge in [-0.2, -0.15) is 0 Å². The van der Waals surface area contributed by atoms with Crippen LogP contribution in [0.15, 0.2) is 60.8 Å². The highest BCUT2D eigenvalue weighted by atomic mass is 16.5. The van der Waals surface area contributed by atoms with Gasteiger partial charge in [-0.15, -0.1) is 0 Å². The second kappa shape index (κ2) is 5.33. The zero-order valence-corrected chi connectivity index (χ0v) is 11.2. The van der Waals surface area contributed by atoms with Crippen LogP contribution < -0.4 is 10.2 Å². The Morgan fingerprint density at radius 3 is 2.55 bits per heavy atom. The Balaban J connectivity index is 2.15. The third kappa shape index (κ3) is 2.13. The summed E-state index contributed by atoms with van der Waals surface area (Å²) in [5.74, 6) is 0.795. The number of quaternary nitrogens is 1. The predicted octanol–water partition coefficient (Wildman–Crippen LogP) is 2.54. The molecule has 100 valence electrons. The minimum Gasteiger partial charge on any atom is -0.631 e. The van der Waals surface area contributed by atoms with E-state index in [9.17, 15) is 5.21 Å². The molecule has 2 N–H and O–H groups in total. The molecule has 0 fully saturated rings. The van der Waals surface area contributed by atoms with Crippen molar-refractivity contribution < 1.29 is 10.2 Å². The maximum absolute atomic E-state index is 10.8. The van der Waals surface area contributed by atoms with Crippen LogP contribution in [0, 0.1) is 5.21 Å². The van der Waals surface area contributed by atoms with Crippen LogP contribution >= 0.6 is 0 Å². The summed E-state index contributed by atoms with van der Waals surface area (Å²) in [7, 11) is 1.64. The van der Waals surface area contributed by atoms with E-state index < -0.39 is 0 Å². The monoisotopic (exact) mass is 265 g/mol. The van der Waals surface area contributed by atoms with Gasteiger partial charge in [-0.05, 0) is 40.5 Å². The zero-order chi connectivity index (χ0) is 13.9. The van der Waals surface area contributed by atoms with Crippen molar-refractivity contribution >= 4 is 11.1 Å². The molecule has 0 atom stereocenters. The van der Waals surface area contributed by atoms with E-state index in [0.29, 0.717) is 0 Å². The Labute approximate surface area is 117 Å². The summed E-state index contributed by atoms with van der Waals surface area (Å²) in [6.45, 7) is 0. The summed E-state index contributed by atoms with van der Waals surface area (Å²) >= 11 is 0. The molecule has 3 rings (SSSR count). The molecule has 2 aromatic carbocycles. The third-order valence-corrected chi connectivity index (χ3v) is 3.46. The van der Waals surface area contributed by atoms with Crippen molar-refractivity contribution in [1.29, 1.82) is 0 Å². The topological polar surface area (TPSA) is 48.9 Å². The van der Waals surface area contributed by atoms with Crippen molar-refractivity contribution in [3.05, 3.63) is 82.7 Å². The maximum Gasteiger partial charge on any atom is 0.119 e. The number of ether oxygens (including phenoxy) is 1. The quantitative estimate of drug-likeness (QED) is 0.867. The second-order valence-corrected chi connectivity index (χ2v) is 4.59. The van der Waals surface area contributed by atoms with Crippen LogP contribution in [-0.4, -0.2) is 7.11 Å². The number of methoxy groups -OCH3 is 1. The Bertz CT molecular complexity index is 687. The van der Waals surface area contributed by atoms with E-state index in [4.69, 9.17) is 4.74 Å². The SMILES string of the molecule is COc1ccc2c(c1)C(=C[NH2+][O-])C=C2c1ccccc1. The predicted molar refractivity (Wildman–Crippen MR) is 79.8 cm³/mol. The van der Waals surface area contributed by atoms with Crippen LogP contribution in [0.2, 0.25) is 0 Å². The number of benzene rings is 2. The Morgan fingerprint density at radius 2 is 1.85 bits per heavy atom. The molecule has 0 saturated carbocycles. The second-order valence-electron chi connectivity index (χ2n) is 4.59. The van der Waals surface area contributed by atoms with E-state index in [1.165, 1.54) is 0 Å². The molecule has 0 unspecified atom stereocenters. The lowest BCUT2D eigenvalue weighted by atomic mass is 9.99. The van der Waals surface area contributed by atoms with Crippen molar-refractivity contribution in [2.75, 3.05) is 7.11 Å². The van der Waals surface area contributed by atoms with Crippen molar-refractivity contribution in [2.45, 2.75) is 0 Å². The van der Waals surface area contributed by atoms with Gasteiger partial charge in [0, 0.05) is 5.57 Å². The summed E-state index contributed by atoms with van der Waals surface area (Å²) in [6, 6.07) is 16.1. The van der Waals surface area contributed by atoms with Gasteiger partial charge in [0.15, 0.2) is 0 Å². The number of fused-ring (bicyclic) bond motifs is 1. The first-order valence-corrected chi connectivity index (χ1v) is 6.45. The number of hydroxylamine groups is 1. The molecule has 3 nitrogen and oxygen atoms in total. The maximum atomic E-state index is 10.8. The first-order chi connectivity index (χ1) is 9.83. The lowest BCUT2D eigenvalue weighted by molar-refractivity contribution is -0.513. The molecule has 0 aromatic heterocycles. The summed E-state index contributed by atoms with van der Waals surface area (Å²) in [4.78, 5) is 0. The summed E-state index contributed by atoms with van der Waals surface area (Å²) < 4.78 is 5.27. The van der Waals surface area contributed by atoms with E-state index in [1.54, 1.807) is 13.3 Å². The molecule has 0 radical (unpaired) electrons. The smallest absolute Gasteiger partial charge is 0.119 e. The largest absolute Gasteiger partial charge is 0.631 e. The zero-order valence-electron chi connectivity index (χ0n) is 11.2. The summed E-state index contributed by atoms with van der Waals surface area (Å²) in [5, 5.41) is 10.8. The molecule has 3 heteroatoms. The molecule has 0 amide bonds. The highest BCUT2D eigenvalue weighted by molar-refractivity contribution is 6.00. The molecular weight excluding hydrogens is 250 g/mol. The highest BCUT2D eigenvalue weighted by Crippen LogP contribution is 2.40. The Kier molecular flexibility index (Phi) is 3.37. The van der Waals surface area contributed by atoms with Crippen LogP contribution in [0.4, 0.5) is 0 Å². The number of rotatable bonds is 3. The van der Waals surface area contributed by atoms with Gasteiger partial charge in [0.2, 0.25) is 0 Å². The van der Waals surface area contributed by atoms with Crippen LogP contribution in [0.5, 0.6) is 5.75 Å². The van der Waals surface area contributed by atoms with Crippen LogP contribution in [-0.2, 0) is 0 Å². The van der Waals surface area contributed by atoms with E-state index in [2.05, 4.69) is 12.1 Å². The minimum atomic E-state index is 0.795. The van der Waals surface area contributed by atoms with E-state index in [0.717, 1.165) is 39.1 Å². The van der Waals surface area contributed by atoms with Gasteiger partial charge in [0.1, 0.15) is 11.9 Å². The lowest BCUT2D eigenvalue weighted by Crippen LogP contribution is -2.70. The fourth-order valence-electron chi connectivity index (χ4n) is 2.50. The Hall–Kier alpha value is -2.36. The molecule has 0 bridgehead atoms. The van der Waals surface area contributed by atoms with Crippen molar-refractivity contribution in [3.8, 4) is 5.75 Å². The first-order valence-electron chi connectivity index (χ1n) is 6.45. The van der Waals surface area contributed by atoms with Gasteiger partial charge < -0.3 is 15.4 Å². The Morgan fingerprint density at radius 1 is 1.05 bits per heavy atom. The molecule has 0 saturated heterocycles. The van der Waals surface area contributed by atoms with E-state index in [-0.39, 0.29) is 0 Å². The fourth-order valence-corrected chi connectivity index (χ4v) is 2.50. The fraction of sp³-hybridized carbons (Fsp3) is 0.0588. The molecular formula is C17H15NO2. The van der Waals surface area contributed by atoms with E-state index >= 15 is 0 Å². The average molecular weight is 265 g/mol. The van der Waals surface area contributed by atoms with Crippen molar-refractivity contribution in [1.82, 2.24) is 0 Å². The van der Waals surface area contributed by atoms with Crippen molar-refractivity contribution in [3.63, 3.8) is 0 Å². The van der Waals surface area contributed by atoms with Crippen molar-refractivity contribution in [2.24, 2.45) is 0 Å². The van der Waals surface area contributed by atoms with Crippen LogP contribution in [0.25, 0.3) is 11.1 Å². The van der Waals surface area contributed by atoms with Gasteiger partial charge in [-0.25, -0.2) is 0 Å². The van der Waals surface area contributed by atoms with Gasteiger partial charge in [-0.1, -0.05) is 36.4 Å². The number of nitrogens with two attached hydrogens (primary N) is 1. The molecule has 0 spiro atoms. The lowest BCUT2D eigenvalue weighted by Gasteiger charge is -2.08. The normalized spacial score (nSPS) is 15.1. The average Bonchev–Trinajstić information content (AvgIpc) is 2.86. The molecule has 2 aromatic rings. The van der Waals surface area contributed by atoms with Gasteiger partial charge >= 0.3 is 0 Å². The standard InChI is InChI=1S/C17H15NO2/c1-20-14-7-8-15-16(12-5-3-2-4-6-12)9-13(11-18-19)17(15)10-14/h2-11H,18H2,1H3. The van der Waals surface area contributed by atoms with Crippen LogP contribution in [0.3, 0.4) is 0 Å². The minimum absolute atomic E-state index is 0.795. The van der Waals surface area contributed by atoms with Gasteiger partial charge in [-0.3, -0.25) is 0 Å².